The summed E-state index contributed by atoms with van der Waals surface area (Å²) >= 11 is 0. The maximum atomic E-state index is 13.4. The predicted molar refractivity (Wildman–Crippen MR) is 107 cm³/mol. The van der Waals surface area contributed by atoms with Gasteiger partial charge in [0.15, 0.2) is 0 Å². The first-order valence-corrected chi connectivity index (χ1v) is 10.2. The van der Waals surface area contributed by atoms with Crippen molar-refractivity contribution in [2.75, 3.05) is 37.7 Å². The van der Waals surface area contributed by atoms with Crippen LogP contribution in [-0.4, -0.2) is 48.7 Å². The van der Waals surface area contributed by atoms with Gasteiger partial charge in [0, 0.05) is 42.7 Å². The average Bonchev–Trinajstić information content (AvgIpc) is 3.11. The number of fused-ring (bicyclic) bond motifs is 1. The minimum atomic E-state index is -4.61. The first-order chi connectivity index (χ1) is 14.0. The summed E-state index contributed by atoms with van der Waals surface area (Å²) in [4.78, 5) is 16.6. The van der Waals surface area contributed by atoms with Gasteiger partial charge < -0.3 is 14.9 Å². The second kappa shape index (κ2) is 7.77. The number of aliphatic hydroxyl groups is 1. The summed E-state index contributed by atoms with van der Waals surface area (Å²) in [5.41, 5.74) is -2.02. The van der Waals surface area contributed by atoms with E-state index in [4.69, 9.17) is 5.26 Å². The van der Waals surface area contributed by atoms with Gasteiger partial charge in [0.2, 0.25) is 5.91 Å². The molecule has 30 heavy (non-hydrogen) atoms. The third-order valence-electron chi connectivity index (χ3n) is 6.92. The van der Waals surface area contributed by atoms with Gasteiger partial charge in [0.25, 0.3) is 0 Å². The molecule has 2 atom stereocenters. The number of piperidine rings is 1. The Bertz CT molecular complexity index is 862. The molecule has 3 rings (SSSR count). The number of anilines is 1. The third-order valence-corrected chi connectivity index (χ3v) is 6.92. The Morgan fingerprint density at radius 2 is 2.03 bits per heavy atom. The molecule has 1 amide bonds. The van der Waals surface area contributed by atoms with E-state index < -0.39 is 28.1 Å². The number of nitriles is 1. The SMILES string of the molecule is CCC(C)(C)C(=O)N1CC[C@H]2CN(c3ccc(C#N)c(C(F)(F)F)c3)C[C@@]2(CO)C1. The summed E-state index contributed by atoms with van der Waals surface area (Å²) in [6.45, 7) is 7.52. The van der Waals surface area contributed by atoms with E-state index in [1.54, 1.807) is 11.0 Å². The Labute approximate surface area is 175 Å². The fraction of sp³-hybridized carbons (Fsp3) is 0.636. The Morgan fingerprint density at radius 3 is 2.60 bits per heavy atom. The van der Waals surface area contributed by atoms with Crippen LogP contribution in [0.1, 0.15) is 44.7 Å². The molecule has 5 nitrogen and oxygen atoms in total. The van der Waals surface area contributed by atoms with Crippen LogP contribution in [-0.2, 0) is 11.0 Å². The zero-order chi connectivity index (χ0) is 22.3. The molecule has 164 valence electrons. The number of rotatable bonds is 4. The highest BCUT2D eigenvalue weighted by Crippen LogP contribution is 2.45. The van der Waals surface area contributed by atoms with Crippen molar-refractivity contribution >= 4 is 11.6 Å². The lowest BCUT2D eigenvalue weighted by atomic mass is 9.73. The molecule has 0 radical (unpaired) electrons. The maximum absolute atomic E-state index is 13.4. The van der Waals surface area contributed by atoms with Gasteiger partial charge in [-0.1, -0.05) is 20.8 Å². The largest absolute Gasteiger partial charge is 0.417 e. The van der Waals surface area contributed by atoms with E-state index in [2.05, 4.69) is 0 Å². The van der Waals surface area contributed by atoms with Gasteiger partial charge in [0.05, 0.1) is 23.8 Å². The monoisotopic (exact) mass is 423 g/mol. The van der Waals surface area contributed by atoms with Crippen molar-refractivity contribution in [3.63, 3.8) is 0 Å². The molecule has 2 heterocycles. The normalized spacial score (nSPS) is 24.5. The molecule has 2 aliphatic heterocycles. The molecule has 1 N–H and O–H groups in total. The van der Waals surface area contributed by atoms with Crippen LogP contribution in [0, 0.1) is 28.1 Å². The molecule has 0 bridgehead atoms. The van der Waals surface area contributed by atoms with Crippen molar-refractivity contribution in [2.24, 2.45) is 16.7 Å². The number of carbonyl (C=O) groups excluding carboxylic acids is 1. The highest BCUT2D eigenvalue weighted by Gasteiger charge is 2.51. The van der Waals surface area contributed by atoms with Crippen LogP contribution >= 0.6 is 0 Å². The van der Waals surface area contributed by atoms with Crippen molar-refractivity contribution in [1.82, 2.24) is 4.90 Å². The summed E-state index contributed by atoms with van der Waals surface area (Å²) < 4.78 is 40.1. The average molecular weight is 423 g/mol. The zero-order valence-corrected chi connectivity index (χ0v) is 17.6. The number of benzene rings is 1. The van der Waals surface area contributed by atoms with E-state index in [9.17, 15) is 23.1 Å². The molecule has 2 aliphatic rings. The van der Waals surface area contributed by atoms with Crippen LogP contribution in [0.15, 0.2) is 18.2 Å². The van der Waals surface area contributed by atoms with Gasteiger partial charge in [0.1, 0.15) is 0 Å². The number of hydrogen-bond acceptors (Lipinski definition) is 4. The molecule has 0 unspecified atom stereocenters. The number of halogens is 3. The first-order valence-electron chi connectivity index (χ1n) is 10.2. The summed E-state index contributed by atoms with van der Waals surface area (Å²) in [5, 5.41) is 19.3. The molecule has 0 aromatic heterocycles. The van der Waals surface area contributed by atoms with Gasteiger partial charge in [-0.15, -0.1) is 0 Å². The van der Waals surface area contributed by atoms with Crippen molar-refractivity contribution in [1.29, 1.82) is 5.26 Å². The van der Waals surface area contributed by atoms with Gasteiger partial charge in [-0.25, -0.2) is 0 Å². The van der Waals surface area contributed by atoms with Gasteiger partial charge in [-0.2, -0.15) is 18.4 Å². The number of aliphatic hydroxyl groups excluding tert-OH is 1. The lowest BCUT2D eigenvalue weighted by Gasteiger charge is -2.45. The van der Waals surface area contributed by atoms with E-state index in [-0.39, 0.29) is 18.4 Å². The summed E-state index contributed by atoms with van der Waals surface area (Å²) in [6, 6.07) is 5.35. The number of alkyl halides is 3. The molecule has 0 saturated carbocycles. The van der Waals surface area contributed by atoms with Crippen LogP contribution in [0.3, 0.4) is 0 Å². The molecular weight excluding hydrogens is 395 g/mol. The highest BCUT2D eigenvalue weighted by molar-refractivity contribution is 5.82. The molecular formula is C22H28F3N3O2. The number of carbonyl (C=O) groups is 1. The Hall–Kier alpha value is -2.27. The van der Waals surface area contributed by atoms with Gasteiger partial charge in [-0.3, -0.25) is 4.79 Å². The first kappa shape index (κ1) is 22.4. The van der Waals surface area contributed by atoms with E-state index in [1.165, 1.54) is 12.1 Å². The quantitative estimate of drug-likeness (QED) is 0.803. The van der Waals surface area contributed by atoms with Gasteiger partial charge in [-0.05, 0) is 37.0 Å². The number of hydrogen-bond donors (Lipinski definition) is 1. The molecule has 1 aromatic rings. The fourth-order valence-corrected chi connectivity index (χ4v) is 4.62. The molecule has 1 aromatic carbocycles. The molecule has 8 heteroatoms. The topological polar surface area (TPSA) is 67.6 Å². The highest BCUT2D eigenvalue weighted by atomic mass is 19.4. The third kappa shape index (κ3) is 3.87. The Balaban J connectivity index is 1.87. The summed E-state index contributed by atoms with van der Waals surface area (Å²) in [6.07, 6.45) is -3.21. The van der Waals surface area contributed by atoms with Crippen LogP contribution in [0.5, 0.6) is 0 Å². The van der Waals surface area contributed by atoms with Crippen LogP contribution < -0.4 is 4.90 Å². The minimum Gasteiger partial charge on any atom is -0.396 e. The van der Waals surface area contributed by atoms with Crippen LogP contribution in [0.4, 0.5) is 18.9 Å². The molecule has 0 spiro atoms. The lowest BCUT2D eigenvalue weighted by Crippen LogP contribution is -2.55. The van der Waals surface area contributed by atoms with E-state index >= 15 is 0 Å². The predicted octanol–water partition coefficient (Wildman–Crippen LogP) is 3.66. The van der Waals surface area contributed by atoms with Crippen molar-refractivity contribution < 1.29 is 23.1 Å². The Kier molecular flexibility index (Phi) is 5.80. The van der Waals surface area contributed by atoms with E-state index in [0.717, 1.165) is 6.07 Å². The van der Waals surface area contributed by atoms with E-state index in [1.807, 2.05) is 25.7 Å². The standard InChI is InChI=1S/C22H28F3N3O2/c1-4-20(2,3)19(30)27-8-7-16-11-28(13-21(16,12-27)14-29)17-6-5-15(10-26)18(9-17)22(23,24)25/h5-6,9,16,29H,4,7-8,11-14H2,1-3H3/t16-,21+/m0/s1. The van der Waals surface area contributed by atoms with Crippen LogP contribution in [0.2, 0.25) is 0 Å². The molecule has 0 aliphatic carbocycles. The summed E-state index contributed by atoms with van der Waals surface area (Å²) in [7, 11) is 0. The molecule has 2 fully saturated rings. The number of amides is 1. The maximum Gasteiger partial charge on any atom is 0.417 e. The van der Waals surface area contributed by atoms with Crippen molar-refractivity contribution in [3.8, 4) is 6.07 Å². The smallest absolute Gasteiger partial charge is 0.396 e. The number of nitrogens with zero attached hydrogens (tertiary/aromatic N) is 3. The lowest BCUT2D eigenvalue weighted by molar-refractivity contribution is -0.146. The second-order valence-corrected chi connectivity index (χ2v) is 9.19. The second-order valence-electron chi connectivity index (χ2n) is 9.19. The minimum absolute atomic E-state index is 0.0486. The van der Waals surface area contributed by atoms with E-state index in [0.29, 0.717) is 44.7 Å². The van der Waals surface area contributed by atoms with Crippen LogP contribution in [0.25, 0.3) is 0 Å². The van der Waals surface area contributed by atoms with Crippen molar-refractivity contribution in [3.05, 3.63) is 29.3 Å². The summed E-state index contributed by atoms with van der Waals surface area (Å²) in [5.74, 6) is 0.133. The Morgan fingerprint density at radius 1 is 1.33 bits per heavy atom. The molecule has 2 saturated heterocycles. The van der Waals surface area contributed by atoms with Crippen molar-refractivity contribution in [2.45, 2.75) is 39.8 Å². The fourth-order valence-electron chi connectivity index (χ4n) is 4.62. The zero-order valence-electron chi connectivity index (χ0n) is 17.6. The van der Waals surface area contributed by atoms with Gasteiger partial charge >= 0.3 is 6.18 Å². The number of likely N-dealkylation sites (tertiary alicyclic amines) is 1.